The van der Waals surface area contributed by atoms with Gasteiger partial charge in [-0.3, -0.25) is 5.10 Å². The van der Waals surface area contributed by atoms with E-state index in [1.54, 1.807) is 12.1 Å². The molecule has 6 nitrogen and oxygen atoms in total. The third-order valence-electron chi connectivity index (χ3n) is 5.10. The van der Waals surface area contributed by atoms with Crippen molar-refractivity contribution in [2.75, 3.05) is 12.4 Å². The van der Waals surface area contributed by atoms with E-state index in [0.29, 0.717) is 12.2 Å². The average molecular weight is 526 g/mol. The number of carbonyl (C=O) groups excluding carboxylic acids is 1. The van der Waals surface area contributed by atoms with Crippen molar-refractivity contribution in [2.24, 2.45) is 10.2 Å². The molecule has 0 aliphatic carbocycles. The van der Waals surface area contributed by atoms with Crippen molar-refractivity contribution in [1.82, 2.24) is 0 Å². The van der Waals surface area contributed by atoms with Gasteiger partial charge in [-0.2, -0.15) is 0 Å². The van der Waals surface area contributed by atoms with Gasteiger partial charge in [-0.25, -0.2) is 4.79 Å². The van der Waals surface area contributed by atoms with Gasteiger partial charge in [-0.15, -0.1) is 11.8 Å². The molecule has 0 saturated carbocycles. The van der Waals surface area contributed by atoms with E-state index >= 15 is 0 Å². The van der Waals surface area contributed by atoms with Gasteiger partial charge in [-0.1, -0.05) is 84.1 Å². The second-order valence-corrected chi connectivity index (χ2v) is 9.00. The largest absolute Gasteiger partial charge is 1.00 e. The van der Waals surface area contributed by atoms with E-state index in [4.69, 9.17) is 10.5 Å². The summed E-state index contributed by atoms with van der Waals surface area (Å²) in [5.41, 5.74) is 8.35. The van der Waals surface area contributed by atoms with Crippen molar-refractivity contribution in [1.29, 1.82) is 0 Å². The zero-order valence-electron chi connectivity index (χ0n) is 20.1. The van der Waals surface area contributed by atoms with Crippen LogP contribution in [0.15, 0.2) is 28.4 Å². The minimum Gasteiger partial charge on any atom is -0.506 e. The van der Waals surface area contributed by atoms with E-state index in [1.165, 1.54) is 75.4 Å². The molecule has 1 rings (SSSR count). The van der Waals surface area contributed by atoms with Crippen LogP contribution in [0.1, 0.15) is 107 Å². The molecule has 0 saturated heterocycles. The summed E-state index contributed by atoms with van der Waals surface area (Å²) in [5.74, 6) is 0.144. The van der Waals surface area contributed by atoms with Gasteiger partial charge in [-0.05, 0) is 35.9 Å². The maximum Gasteiger partial charge on any atom is 1.00 e. The molecule has 33 heavy (non-hydrogen) atoms. The number of hydrogen-bond acceptors (Lipinski definition) is 6. The molecule has 0 bridgehead atoms. The monoisotopic (exact) mass is 525 g/mol. The number of esters is 1. The predicted octanol–water partition coefficient (Wildman–Crippen LogP) is 7.74. The standard InChI is InChI=1S/C25H41N3O3S.Cu/c1-3-5-7-9-11-13-18-31-24(30)22-17-15-16-21(23(22)29)20-27-28-25(26)32-19-14-12-10-8-6-4-2;/h15-17,20H,3-14,18-19H2,1-2H3,(H3,26,27,28,29,30);/q;+1/p-1. The van der Waals surface area contributed by atoms with Gasteiger partial charge >= 0.3 is 23.0 Å². The van der Waals surface area contributed by atoms with E-state index in [9.17, 15) is 9.90 Å². The molecule has 190 valence electrons. The van der Waals surface area contributed by atoms with Crippen molar-refractivity contribution in [3.05, 3.63) is 35.1 Å². The Labute approximate surface area is 214 Å². The number of carbonyl (C=O) groups is 1. The van der Waals surface area contributed by atoms with Crippen LogP contribution in [0.5, 0.6) is 5.75 Å². The molecule has 0 unspecified atom stereocenters. The van der Waals surface area contributed by atoms with Crippen LogP contribution in [0.25, 0.3) is 5.73 Å². The molecule has 0 aliphatic rings. The number of hydrogen-bond donors (Lipinski definition) is 1. The Hall–Kier alpha value is -1.50. The van der Waals surface area contributed by atoms with Crippen molar-refractivity contribution in [3.63, 3.8) is 0 Å². The van der Waals surface area contributed by atoms with E-state index in [-0.39, 0.29) is 33.5 Å². The smallest absolute Gasteiger partial charge is 0.506 e. The molecule has 0 spiro atoms. The quantitative estimate of drug-likeness (QED) is 0.0561. The van der Waals surface area contributed by atoms with Gasteiger partial charge < -0.3 is 20.7 Å². The molecule has 0 atom stereocenters. The number of ether oxygens (including phenoxy) is 1. The normalized spacial score (nSPS) is 11.5. The first-order valence-corrected chi connectivity index (χ1v) is 13.0. The van der Waals surface area contributed by atoms with E-state index in [0.717, 1.165) is 31.4 Å². The van der Waals surface area contributed by atoms with E-state index in [2.05, 4.69) is 24.1 Å². The number of unbranched alkanes of at least 4 members (excludes halogenated alkanes) is 10. The number of para-hydroxylation sites is 1. The fourth-order valence-corrected chi connectivity index (χ4v) is 3.83. The van der Waals surface area contributed by atoms with Crippen LogP contribution >= 0.6 is 11.8 Å². The molecular weight excluding hydrogens is 486 g/mol. The number of nitrogens with zero attached hydrogens (tertiary/aromatic N) is 2. The first-order chi connectivity index (χ1) is 15.6. The number of phenolic OH excluding ortho intramolecular Hbond substituents is 1. The summed E-state index contributed by atoms with van der Waals surface area (Å²) in [4.78, 5) is 12.3. The van der Waals surface area contributed by atoms with Crippen LogP contribution in [0, 0.1) is 0 Å². The molecule has 1 aromatic rings. The van der Waals surface area contributed by atoms with Crippen LogP contribution in [-0.2, 0) is 21.8 Å². The van der Waals surface area contributed by atoms with Gasteiger partial charge in [0.2, 0.25) is 0 Å². The summed E-state index contributed by atoms with van der Waals surface area (Å²) in [6, 6.07) is 4.85. The Morgan fingerprint density at radius 3 is 2.27 bits per heavy atom. The molecule has 0 radical (unpaired) electrons. The number of nitrogens with one attached hydrogen (secondary N) is 1. The van der Waals surface area contributed by atoms with Gasteiger partial charge in [0.05, 0.1) is 6.61 Å². The number of amidine groups is 1. The first kappa shape index (κ1) is 31.5. The number of benzene rings is 1. The molecule has 1 aromatic carbocycles. The second kappa shape index (κ2) is 21.1. The van der Waals surface area contributed by atoms with Gasteiger partial charge in [0.1, 0.15) is 11.3 Å². The topological polar surface area (TPSA) is 95.0 Å². The van der Waals surface area contributed by atoms with Crippen molar-refractivity contribution in [2.45, 2.75) is 90.9 Å². The van der Waals surface area contributed by atoms with E-state index < -0.39 is 5.97 Å². The van der Waals surface area contributed by atoms with E-state index in [1.807, 2.05) is 0 Å². The Kier molecular flexibility index (Phi) is 20.1. The zero-order valence-corrected chi connectivity index (χ0v) is 21.8. The van der Waals surface area contributed by atoms with Crippen LogP contribution < -0.4 is 0 Å². The van der Waals surface area contributed by atoms with Crippen LogP contribution in [-0.4, -0.2) is 34.8 Å². The molecule has 2 N–H and O–H groups in total. The third-order valence-corrected chi connectivity index (χ3v) is 5.95. The molecule has 0 amide bonds. The molecule has 8 heteroatoms. The fraction of sp³-hybridized carbons (Fsp3) is 0.640. The Morgan fingerprint density at radius 1 is 1.00 bits per heavy atom. The summed E-state index contributed by atoms with van der Waals surface area (Å²) in [7, 11) is 0. The molecular formula is C25H40CuN3O3S. The Balaban J connectivity index is 0.0000102. The Bertz CT molecular complexity index is 714. The van der Waals surface area contributed by atoms with Crippen molar-refractivity contribution in [3.8, 4) is 5.75 Å². The third kappa shape index (κ3) is 15.1. The first-order valence-electron chi connectivity index (χ1n) is 12.0. The molecule has 0 aliphatic heterocycles. The predicted molar refractivity (Wildman–Crippen MR) is 137 cm³/mol. The summed E-state index contributed by atoms with van der Waals surface area (Å²) in [6.45, 7) is 4.74. The number of phenols is 1. The number of rotatable bonds is 17. The Morgan fingerprint density at radius 2 is 1.61 bits per heavy atom. The van der Waals surface area contributed by atoms with Crippen molar-refractivity contribution < 1.29 is 31.7 Å². The van der Waals surface area contributed by atoms with Crippen LogP contribution in [0.2, 0.25) is 0 Å². The average Bonchev–Trinajstić information content (AvgIpc) is 2.79. The maximum atomic E-state index is 12.3. The van der Waals surface area contributed by atoms with Crippen LogP contribution in [0.3, 0.4) is 0 Å². The summed E-state index contributed by atoms with van der Waals surface area (Å²) >= 11 is 1.37. The maximum absolute atomic E-state index is 12.3. The summed E-state index contributed by atoms with van der Waals surface area (Å²) in [5, 5.41) is 18.3. The fourth-order valence-electron chi connectivity index (χ4n) is 3.18. The second-order valence-electron chi connectivity index (χ2n) is 7.91. The molecule has 0 aromatic heterocycles. The number of aromatic hydroxyl groups is 1. The SMILES string of the molecule is CCCCCCCCOC(=O)c1cccc(C=NN=C([NH-])SCCCCCCCC)c1O.[Cu+]. The molecule has 0 fully saturated rings. The van der Waals surface area contributed by atoms with Gasteiger partial charge in [0, 0.05) is 11.8 Å². The van der Waals surface area contributed by atoms with Gasteiger partial charge in [0.25, 0.3) is 0 Å². The zero-order chi connectivity index (χ0) is 23.4. The van der Waals surface area contributed by atoms with Crippen LogP contribution in [0.4, 0.5) is 0 Å². The molecule has 0 heterocycles. The minimum atomic E-state index is -0.537. The minimum absolute atomic E-state index is 0. The summed E-state index contributed by atoms with van der Waals surface area (Å²) in [6.07, 6.45) is 15.4. The number of thioether (sulfide) groups is 1. The summed E-state index contributed by atoms with van der Waals surface area (Å²) < 4.78 is 5.29. The van der Waals surface area contributed by atoms with Gasteiger partial charge in [0.15, 0.2) is 0 Å². The van der Waals surface area contributed by atoms with Crippen molar-refractivity contribution >= 4 is 29.1 Å².